The Morgan fingerprint density at radius 3 is 2.35 bits per heavy atom. The molecule has 2 N–H and O–H groups in total. The predicted octanol–water partition coefficient (Wildman–Crippen LogP) is 2.14. The number of aliphatic carboxylic acids is 1. The molecule has 1 amide bonds. The van der Waals surface area contributed by atoms with Crippen molar-refractivity contribution in [3.8, 4) is 0 Å². The van der Waals surface area contributed by atoms with Gasteiger partial charge in [0, 0.05) is 18.2 Å². The van der Waals surface area contributed by atoms with E-state index in [4.69, 9.17) is 5.11 Å². The second-order valence-electron chi connectivity index (χ2n) is 5.04. The van der Waals surface area contributed by atoms with Crippen LogP contribution in [0.1, 0.15) is 40.0 Å². The van der Waals surface area contributed by atoms with Crippen LogP contribution in [0, 0.1) is 5.41 Å². The number of carboxylic acids is 1. The molecule has 0 bridgehead atoms. The van der Waals surface area contributed by atoms with E-state index in [1.54, 1.807) is 25.6 Å². The highest BCUT2D eigenvalue weighted by Gasteiger charge is 2.25. The van der Waals surface area contributed by atoms with Gasteiger partial charge in [0.25, 0.3) is 0 Å². The van der Waals surface area contributed by atoms with Gasteiger partial charge in [0.05, 0.1) is 6.42 Å². The monoisotopic (exact) mass is 261 g/mol. The maximum absolute atomic E-state index is 11.8. The molecule has 1 atom stereocenters. The second-order valence-corrected chi connectivity index (χ2v) is 5.95. The summed E-state index contributed by atoms with van der Waals surface area (Å²) in [4.78, 5) is 22.4. The predicted molar refractivity (Wildman–Crippen MR) is 71.3 cm³/mol. The third-order valence-electron chi connectivity index (χ3n) is 2.49. The highest BCUT2D eigenvalue weighted by atomic mass is 32.2. The third-order valence-corrected chi connectivity index (χ3v) is 3.23. The van der Waals surface area contributed by atoms with E-state index in [9.17, 15) is 9.59 Å². The smallest absolute Gasteiger partial charge is 0.303 e. The first-order valence-electron chi connectivity index (χ1n) is 5.81. The van der Waals surface area contributed by atoms with Crippen LogP contribution in [0.15, 0.2) is 0 Å². The Bertz CT molecular complexity index is 266. The van der Waals surface area contributed by atoms with E-state index in [1.165, 1.54) is 0 Å². The van der Waals surface area contributed by atoms with Gasteiger partial charge in [0.1, 0.15) is 0 Å². The SMILES string of the molecule is CCC(CSC)NC(=O)CC(C)(C)CC(=O)O. The minimum absolute atomic E-state index is 0.0136. The van der Waals surface area contributed by atoms with Crippen LogP contribution in [0.2, 0.25) is 0 Å². The van der Waals surface area contributed by atoms with Crippen molar-refractivity contribution in [2.45, 2.75) is 46.1 Å². The average Bonchev–Trinajstić information content (AvgIpc) is 2.13. The first kappa shape index (κ1) is 16.3. The Balaban J connectivity index is 4.19. The van der Waals surface area contributed by atoms with E-state index < -0.39 is 11.4 Å². The van der Waals surface area contributed by atoms with Crippen LogP contribution in [-0.2, 0) is 9.59 Å². The van der Waals surface area contributed by atoms with E-state index in [-0.39, 0.29) is 24.8 Å². The van der Waals surface area contributed by atoms with Gasteiger partial charge in [-0.2, -0.15) is 11.8 Å². The van der Waals surface area contributed by atoms with Gasteiger partial charge in [-0.25, -0.2) is 0 Å². The first-order valence-corrected chi connectivity index (χ1v) is 7.20. The summed E-state index contributed by atoms with van der Waals surface area (Å²) in [5.74, 6) is -0.0298. The van der Waals surface area contributed by atoms with Gasteiger partial charge in [0.2, 0.25) is 5.91 Å². The molecule has 100 valence electrons. The molecule has 0 aliphatic carbocycles. The lowest BCUT2D eigenvalue weighted by Crippen LogP contribution is -2.38. The lowest BCUT2D eigenvalue weighted by molar-refractivity contribution is -0.139. The number of rotatable bonds is 8. The molecule has 0 aliphatic heterocycles. The fourth-order valence-electron chi connectivity index (χ4n) is 1.65. The van der Waals surface area contributed by atoms with Crippen molar-refractivity contribution in [2.75, 3.05) is 12.0 Å². The Labute approximate surface area is 108 Å². The number of amides is 1. The summed E-state index contributed by atoms with van der Waals surface area (Å²) in [5.41, 5.74) is -0.492. The summed E-state index contributed by atoms with van der Waals surface area (Å²) >= 11 is 1.70. The summed E-state index contributed by atoms with van der Waals surface area (Å²) in [6.45, 7) is 5.63. The summed E-state index contributed by atoms with van der Waals surface area (Å²) in [6.07, 6.45) is 3.17. The molecule has 0 saturated heterocycles. The van der Waals surface area contributed by atoms with Crippen molar-refractivity contribution >= 4 is 23.6 Å². The van der Waals surface area contributed by atoms with Gasteiger partial charge in [0.15, 0.2) is 0 Å². The van der Waals surface area contributed by atoms with Crippen LogP contribution in [0.3, 0.4) is 0 Å². The van der Waals surface area contributed by atoms with Gasteiger partial charge in [-0.05, 0) is 18.1 Å². The van der Waals surface area contributed by atoms with Crippen molar-refractivity contribution < 1.29 is 14.7 Å². The minimum atomic E-state index is -0.862. The zero-order chi connectivity index (χ0) is 13.5. The third kappa shape index (κ3) is 8.07. The lowest BCUT2D eigenvalue weighted by Gasteiger charge is -2.23. The Morgan fingerprint density at radius 1 is 1.35 bits per heavy atom. The van der Waals surface area contributed by atoms with E-state index in [1.807, 2.05) is 13.2 Å². The molecular weight excluding hydrogens is 238 g/mol. The fraction of sp³-hybridized carbons (Fsp3) is 0.833. The van der Waals surface area contributed by atoms with Gasteiger partial charge in [-0.3, -0.25) is 9.59 Å². The highest BCUT2D eigenvalue weighted by Crippen LogP contribution is 2.24. The van der Waals surface area contributed by atoms with E-state index in [0.29, 0.717) is 0 Å². The minimum Gasteiger partial charge on any atom is -0.481 e. The van der Waals surface area contributed by atoms with E-state index >= 15 is 0 Å². The largest absolute Gasteiger partial charge is 0.481 e. The summed E-state index contributed by atoms with van der Waals surface area (Å²) in [6, 6.07) is 0.179. The molecule has 0 aliphatic rings. The van der Waals surface area contributed by atoms with Crippen molar-refractivity contribution in [2.24, 2.45) is 5.41 Å². The molecule has 1 unspecified atom stereocenters. The van der Waals surface area contributed by atoms with Crippen molar-refractivity contribution in [1.29, 1.82) is 0 Å². The molecular formula is C12H23NO3S. The van der Waals surface area contributed by atoms with Gasteiger partial charge < -0.3 is 10.4 Å². The lowest BCUT2D eigenvalue weighted by atomic mass is 9.85. The fourth-order valence-corrected chi connectivity index (χ4v) is 2.37. The molecule has 0 aromatic heterocycles. The molecule has 0 saturated carbocycles. The van der Waals surface area contributed by atoms with Crippen LogP contribution in [0.25, 0.3) is 0 Å². The van der Waals surface area contributed by atoms with Crippen LogP contribution < -0.4 is 5.32 Å². The van der Waals surface area contributed by atoms with Gasteiger partial charge >= 0.3 is 5.97 Å². The van der Waals surface area contributed by atoms with E-state index in [0.717, 1.165) is 12.2 Å². The number of thioether (sulfide) groups is 1. The normalized spacial score (nSPS) is 13.2. The number of hydrogen-bond acceptors (Lipinski definition) is 3. The summed E-state index contributed by atoms with van der Waals surface area (Å²) in [5, 5.41) is 11.7. The maximum atomic E-state index is 11.8. The second kappa shape index (κ2) is 7.58. The summed E-state index contributed by atoms with van der Waals surface area (Å²) in [7, 11) is 0. The number of hydrogen-bond donors (Lipinski definition) is 2. The molecule has 0 heterocycles. The molecule has 4 nitrogen and oxygen atoms in total. The topological polar surface area (TPSA) is 66.4 Å². The molecule has 17 heavy (non-hydrogen) atoms. The van der Waals surface area contributed by atoms with Crippen molar-refractivity contribution in [3.63, 3.8) is 0 Å². The van der Waals surface area contributed by atoms with Crippen molar-refractivity contribution in [3.05, 3.63) is 0 Å². The first-order chi connectivity index (χ1) is 7.80. The number of carbonyl (C=O) groups excluding carboxylic acids is 1. The zero-order valence-corrected chi connectivity index (χ0v) is 11.9. The molecule has 0 spiro atoms. The maximum Gasteiger partial charge on any atom is 0.303 e. The van der Waals surface area contributed by atoms with Crippen LogP contribution in [0.4, 0.5) is 0 Å². The Kier molecular flexibility index (Phi) is 7.27. The standard InChI is InChI=1S/C12H23NO3S/c1-5-9(8-17-4)13-10(14)6-12(2,3)7-11(15)16/h9H,5-8H2,1-4H3,(H,13,14)(H,15,16). The summed E-state index contributed by atoms with van der Waals surface area (Å²) < 4.78 is 0. The van der Waals surface area contributed by atoms with Gasteiger partial charge in [-0.1, -0.05) is 20.8 Å². The molecule has 5 heteroatoms. The number of carbonyl (C=O) groups is 2. The Morgan fingerprint density at radius 2 is 1.94 bits per heavy atom. The van der Waals surface area contributed by atoms with Crippen LogP contribution >= 0.6 is 11.8 Å². The van der Waals surface area contributed by atoms with Crippen LogP contribution in [0.5, 0.6) is 0 Å². The van der Waals surface area contributed by atoms with Crippen LogP contribution in [-0.4, -0.2) is 35.0 Å². The van der Waals surface area contributed by atoms with E-state index in [2.05, 4.69) is 5.32 Å². The van der Waals surface area contributed by atoms with Crippen molar-refractivity contribution in [1.82, 2.24) is 5.32 Å². The quantitative estimate of drug-likeness (QED) is 0.702. The highest BCUT2D eigenvalue weighted by molar-refractivity contribution is 7.98. The number of carboxylic acid groups (broad SMARTS) is 1. The zero-order valence-electron chi connectivity index (χ0n) is 11.1. The molecule has 0 rings (SSSR count). The van der Waals surface area contributed by atoms with Gasteiger partial charge in [-0.15, -0.1) is 0 Å². The molecule has 0 aromatic rings. The Hall–Kier alpha value is -0.710. The molecule has 0 aromatic carbocycles. The molecule has 0 radical (unpaired) electrons. The molecule has 0 fully saturated rings. The average molecular weight is 261 g/mol. The number of nitrogens with one attached hydrogen (secondary N) is 1.